The monoisotopic (exact) mass is 548 g/mol. The van der Waals surface area contributed by atoms with Crippen molar-refractivity contribution in [2.45, 2.75) is 32.4 Å². The zero-order valence-corrected chi connectivity index (χ0v) is 21.1. The van der Waals surface area contributed by atoms with Gasteiger partial charge in [0.05, 0.1) is 6.04 Å². The van der Waals surface area contributed by atoms with Gasteiger partial charge in [0.15, 0.2) is 0 Å². The third-order valence-corrected chi connectivity index (χ3v) is 6.72. The minimum Gasteiger partial charge on any atom is -0.444 e. The molecule has 0 saturated carbocycles. The second kappa shape index (κ2) is 10.9. The molecule has 1 fully saturated rings. The Labute approximate surface area is 221 Å². The summed E-state index contributed by atoms with van der Waals surface area (Å²) in [6, 6.07) is 6.14. The molecule has 1 saturated heterocycles. The molecule has 5 rings (SSSR count). The molecule has 0 N–H and O–H groups in total. The first-order valence-electron chi connectivity index (χ1n) is 12.4. The molecule has 0 spiro atoms. The summed E-state index contributed by atoms with van der Waals surface area (Å²) in [6.45, 7) is 6.96. The van der Waals surface area contributed by atoms with E-state index in [1.807, 2.05) is 6.92 Å². The van der Waals surface area contributed by atoms with E-state index in [4.69, 9.17) is 4.74 Å². The number of halogens is 3. The molecule has 0 radical (unpaired) electrons. The van der Waals surface area contributed by atoms with Crippen LogP contribution in [0.3, 0.4) is 0 Å². The van der Waals surface area contributed by atoms with Crippen LogP contribution in [0.15, 0.2) is 42.9 Å². The fourth-order valence-corrected chi connectivity index (χ4v) is 4.74. The number of fused-ring (bicyclic) bond motifs is 1. The van der Waals surface area contributed by atoms with Crippen LogP contribution >= 0.6 is 0 Å². The summed E-state index contributed by atoms with van der Waals surface area (Å²) in [4.78, 5) is 29.9. The van der Waals surface area contributed by atoms with Crippen LogP contribution in [-0.2, 0) is 13.1 Å². The lowest BCUT2D eigenvalue weighted by Crippen LogP contribution is -2.47. The smallest absolute Gasteiger partial charge is 0.444 e. The number of likely N-dealkylation sites (N-methyl/N-ethyl adjacent to an activating group) is 1. The highest BCUT2D eigenvalue weighted by atomic mass is 19.4. The quantitative estimate of drug-likeness (QED) is 0.307. The zero-order chi connectivity index (χ0) is 27.6. The SMILES string of the molecule is CCN(Cc1cnc(N2CCN(c3ccc(OC(F)(F)F)cc3)CC2)nc1)C1COc2nc([N+](=O)[O-])cn2C1. The Bertz CT molecular complexity index is 1280. The highest BCUT2D eigenvalue weighted by Gasteiger charge is 2.32. The first-order chi connectivity index (χ1) is 18.7. The van der Waals surface area contributed by atoms with Crippen molar-refractivity contribution in [2.75, 3.05) is 49.1 Å². The lowest BCUT2D eigenvalue weighted by molar-refractivity contribution is -0.389. The maximum atomic E-state index is 12.4. The molecule has 15 heteroatoms. The molecular formula is C24H27F3N8O4. The molecule has 39 heavy (non-hydrogen) atoms. The summed E-state index contributed by atoms with van der Waals surface area (Å²) >= 11 is 0. The highest BCUT2D eigenvalue weighted by molar-refractivity contribution is 5.50. The summed E-state index contributed by atoms with van der Waals surface area (Å²) in [5.41, 5.74) is 1.76. The number of imidazole rings is 1. The van der Waals surface area contributed by atoms with Crippen molar-refractivity contribution in [3.8, 4) is 11.8 Å². The number of alkyl halides is 3. The molecule has 2 aliphatic heterocycles. The number of piperazine rings is 1. The zero-order valence-electron chi connectivity index (χ0n) is 21.1. The Morgan fingerprint density at radius 1 is 1.13 bits per heavy atom. The maximum Gasteiger partial charge on any atom is 0.573 e. The summed E-state index contributed by atoms with van der Waals surface area (Å²) in [5.74, 6) is 0.144. The van der Waals surface area contributed by atoms with Gasteiger partial charge in [0.1, 0.15) is 18.6 Å². The van der Waals surface area contributed by atoms with E-state index in [0.29, 0.717) is 51.8 Å². The summed E-state index contributed by atoms with van der Waals surface area (Å²) in [6.07, 6.45) is 0.282. The minimum atomic E-state index is -4.71. The van der Waals surface area contributed by atoms with Gasteiger partial charge in [0.2, 0.25) is 5.95 Å². The lowest BCUT2D eigenvalue weighted by atomic mass is 10.2. The number of hydrogen-bond acceptors (Lipinski definition) is 10. The van der Waals surface area contributed by atoms with E-state index in [1.54, 1.807) is 29.1 Å². The van der Waals surface area contributed by atoms with Gasteiger partial charge in [0.25, 0.3) is 0 Å². The van der Waals surface area contributed by atoms with Crippen LogP contribution in [0, 0.1) is 10.1 Å². The van der Waals surface area contributed by atoms with Crippen molar-refractivity contribution in [3.05, 3.63) is 58.5 Å². The van der Waals surface area contributed by atoms with Gasteiger partial charge in [-0.1, -0.05) is 6.92 Å². The van der Waals surface area contributed by atoms with Crippen LogP contribution in [0.25, 0.3) is 0 Å². The van der Waals surface area contributed by atoms with Crippen LogP contribution < -0.4 is 19.3 Å². The molecule has 0 aliphatic carbocycles. The van der Waals surface area contributed by atoms with E-state index < -0.39 is 11.3 Å². The van der Waals surface area contributed by atoms with E-state index in [1.165, 1.54) is 18.3 Å². The number of hydrogen-bond donors (Lipinski definition) is 0. The molecule has 0 amide bonds. The van der Waals surface area contributed by atoms with Crippen molar-refractivity contribution in [3.63, 3.8) is 0 Å². The Kier molecular flexibility index (Phi) is 7.41. The lowest BCUT2D eigenvalue weighted by Gasteiger charge is -2.36. The van der Waals surface area contributed by atoms with Gasteiger partial charge in [-0.05, 0) is 35.7 Å². The molecular weight excluding hydrogens is 521 g/mol. The number of nitrogens with zero attached hydrogens (tertiary/aromatic N) is 8. The van der Waals surface area contributed by atoms with Crippen molar-refractivity contribution in [1.29, 1.82) is 0 Å². The number of ether oxygens (including phenoxy) is 2. The predicted octanol–water partition coefficient (Wildman–Crippen LogP) is 3.09. The largest absolute Gasteiger partial charge is 0.573 e. The van der Waals surface area contributed by atoms with E-state index >= 15 is 0 Å². The molecule has 3 aromatic rings. The Hall–Kier alpha value is -4.14. The standard InChI is InChI=1S/C24H27F3N8O4/c1-2-31(19-14-34-15-21(35(36)37)30-23(34)38-16-19)13-17-11-28-22(29-12-17)33-9-7-32(8-10-33)18-3-5-20(6-4-18)39-24(25,26)27/h3-6,11-12,15,19H,2,7-10,13-14,16H2,1H3. The number of anilines is 2. The maximum absolute atomic E-state index is 12.4. The number of rotatable bonds is 8. The second-order valence-corrected chi connectivity index (χ2v) is 9.23. The molecule has 12 nitrogen and oxygen atoms in total. The van der Waals surface area contributed by atoms with Crippen molar-refractivity contribution >= 4 is 17.5 Å². The average Bonchev–Trinajstić information content (AvgIpc) is 3.36. The van der Waals surface area contributed by atoms with E-state index in [9.17, 15) is 23.3 Å². The van der Waals surface area contributed by atoms with Gasteiger partial charge < -0.3 is 29.4 Å². The molecule has 0 bridgehead atoms. The third kappa shape index (κ3) is 6.30. The fourth-order valence-electron chi connectivity index (χ4n) is 4.74. The average molecular weight is 549 g/mol. The van der Waals surface area contributed by atoms with Crippen LogP contribution in [0.5, 0.6) is 11.8 Å². The number of nitro groups is 1. The van der Waals surface area contributed by atoms with Crippen LogP contribution in [0.2, 0.25) is 0 Å². The van der Waals surface area contributed by atoms with Gasteiger partial charge >= 0.3 is 18.2 Å². The predicted molar refractivity (Wildman–Crippen MR) is 134 cm³/mol. The van der Waals surface area contributed by atoms with Gasteiger partial charge in [-0.25, -0.2) is 9.97 Å². The molecule has 1 atom stereocenters. The van der Waals surface area contributed by atoms with Gasteiger partial charge in [-0.15, -0.1) is 13.2 Å². The molecule has 4 heterocycles. The highest BCUT2D eigenvalue weighted by Crippen LogP contribution is 2.27. The Morgan fingerprint density at radius 3 is 2.41 bits per heavy atom. The fraction of sp³-hybridized carbons (Fsp3) is 0.458. The molecule has 208 valence electrons. The molecule has 1 unspecified atom stereocenters. The molecule has 2 aliphatic rings. The van der Waals surface area contributed by atoms with Crippen molar-refractivity contribution < 1.29 is 27.6 Å². The van der Waals surface area contributed by atoms with Crippen LogP contribution in [0.4, 0.5) is 30.6 Å². The van der Waals surface area contributed by atoms with Gasteiger partial charge in [-0.2, -0.15) is 0 Å². The van der Waals surface area contributed by atoms with Crippen LogP contribution in [-0.4, -0.2) is 81.1 Å². The number of aromatic nitrogens is 4. The summed E-state index contributed by atoms with van der Waals surface area (Å²) in [7, 11) is 0. The normalized spacial score (nSPS) is 17.6. The van der Waals surface area contributed by atoms with E-state index in [2.05, 4.69) is 34.4 Å². The topological polar surface area (TPSA) is 115 Å². The minimum absolute atomic E-state index is 0.0122. The van der Waals surface area contributed by atoms with E-state index in [-0.39, 0.29) is 23.6 Å². The Morgan fingerprint density at radius 2 is 1.79 bits per heavy atom. The summed E-state index contributed by atoms with van der Waals surface area (Å²) < 4.78 is 48.4. The van der Waals surface area contributed by atoms with Gasteiger partial charge in [-0.3, -0.25) is 9.47 Å². The molecule has 1 aromatic carbocycles. The first kappa shape index (κ1) is 26.5. The second-order valence-electron chi connectivity index (χ2n) is 9.23. The third-order valence-electron chi connectivity index (χ3n) is 6.72. The van der Waals surface area contributed by atoms with Crippen molar-refractivity contribution in [2.24, 2.45) is 0 Å². The van der Waals surface area contributed by atoms with Crippen LogP contribution in [0.1, 0.15) is 12.5 Å². The van der Waals surface area contributed by atoms with Gasteiger partial charge in [0, 0.05) is 67.9 Å². The molecule has 2 aromatic heterocycles. The first-order valence-corrected chi connectivity index (χ1v) is 12.4. The Balaban J connectivity index is 1.14. The summed E-state index contributed by atoms with van der Waals surface area (Å²) in [5, 5.41) is 11.0. The van der Waals surface area contributed by atoms with E-state index in [0.717, 1.165) is 17.8 Å². The van der Waals surface area contributed by atoms with Crippen molar-refractivity contribution in [1.82, 2.24) is 24.4 Å². The number of benzene rings is 1.